The molecule has 0 aliphatic rings. The lowest BCUT2D eigenvalue weighted by Gasteiger charge is -2.08. The molecular formula is C22H18ClN7. The summed E-state index contributed by atoms with van der Waals surface area (Å²) in [4.78, 5) is 13.5. The minimum Gasteiger partial charge on any atom is -0.351 e. The molecule has 0 atom stereocenters. The van der Waals surface area contributed by atoms with E-state index in [-0.39, 0.29) is 0 Å². The van der Waals surface area contributed by atoms with Crippen molar-refractivity contribution in [1.29, 1.82) is 0 Å². The van der Waals surface area contributed by atoms with Crippen LogP contribution in [0.1, 0.15) is 11.5 Å². The molecule has 8 heteroatoms. The minimum absolute atomic E-state index is 0.682. The maximum atomic E-state index is 6.41. The zero-order chi connectivity index (χ0) is 20.7. The Hall–Kier alpha value is -3.71. The summed E-state index contributed by atoms with van der Waals surface area (Å²) in [7, 11) is 0. The van der Waals surface area contributed by atoms with Crippen LogP contribution in [0, 0.1) is 13.8 Å². The second-order valence-corrected chi connectivity index (χ2v) is 7.31. The van der Waals surface area contributed by atoms with Crippen molar-refractivity contribution < 1.29 is 0 Å². The van der Waals surface area contributed by atoms with Crippen LogP contribution in [0.3, 0.4) is 0 Å². The van der Waals surface area contributed by atoms with Gasteiger partial charge in [0.1, 0.15) is 12.2 Å². The fourth-order valence-corrected chi connectivity index (χ4v) is 3.62. The topological polar surface area (TPSA) is 72.9 Å². The Labute approximate surface area is 178 Å². The molecule has 30 heavy (non-hydrogen) atoms. The molecule has 0 aliphatic heterocycles. The summed E-state index contributed by atoms with van der Waals surface area (Å²) in [5.74, 6) is 1.41. The Bertz CT molecular complexity index is 1350. The van der Waals surface area contributed by atoms with Crippen LogP contribution in [-0.4, -0.2) is 29.1 Å². The van der Waals surface area contributed by atoms with Gasteiger partial charge in [-0.25, -0.2) is 19.6 Å². The molecule has 0 spiro atoms. The van der Waals surface area contributed by atoms with Gasteiger partial charge in [0.05, 0.1) is 28.3 Å². The molecule has 4 heterocycles. The summed E-state index contributed by atoms with van der Waals surface area (Å²) in [5.41, 5.74) is 5.36. The van der Waals surface area contributed by atoms with Gasteiger partial charge in [-0.2, -0.15) is 5.10 Å². The number of aromatic nitrogens is 6. The molecule has 0 fully saturated rings. The summed E-state index contributed by atoms with van der Waals surface area (Å²) >= 11 is 6.41. The van der Waals surface area contributed by atoms with E-state index in [4.69, 9.17) is 16.6 Å². The zero-order valence-corrected chi connectivity index (χ0v) is 17.2. The maximum Gasteiger partial charge on any atom is 0.161 e. The van der Waals surface area contributed by atoms with Crippen molar-refractivity contribution in [3.8, 4) is 17.1 Å². The highest BCUT2D eigenvalue weighted by molar-refractivity contribution is 6.33. The second kappa shape index (κ2) is 7.27. The van der Waals surface area contributed by atoms with Crippen molar-refractivity contribution in [2.45, 2.75) is 13.8 Å². The number of aryl methyl sites for hydroxylation is 2. The van der Waals surface area contributed by atoms with Gasteiger partial charge in [-0.1, -0.05) is 29.8 Å². The minimum atomic E-state index is 0.682. The van der Waals surface area contributed by atoms with Gasteiger partial charge in [0, 0.05) is 17.5 Å². The predicted molar refractivity (Wildman–Crippen MR) is 118 cm³/mol. The SMILES string of the molecule is Cc1ncn(-c2ccc(Nc3cccn4c(C)c(-c5ccccc5Cl)nc34)cn2)n1. The summed E-state index contributed by atoms with van der Waals surface area (Å²) in [6.45, 7) is 3.88. The highest BCUT2D eigenvalue weighted by Crippen LogP contribution is 2.32. The van der Waals surface area contributed by atoms with E-state index in [1.54, 1.807) is 17.2 Å². The normalized spacial score (nSPS) is 11.2. The Morgan fingerprint density at radius 2 is 1.83 bits per heavy atom. The van der Waals surface area contributed by atoms with Gasteiger partial charge in [0.2, 0.25) is 0 Å². The predicted octanol–water partition coefficient (Wildman–Crippen LogP) is 4.99. The summed E-state index contributed by atoms with van der Waals surface area (Å²) in [5, 5.41) is 8.38. The quantitative estimate of drug-likeness (QED) is 0.447. The van der Waals surface area contributed by atoms with Crippen molar-refractivity contribution in [2.75, 3.05) is 5.32 Å². The molecule has 0 aliphatic carbocycles. The molecule has 5 aromatic rings. The van der Waals surface area contributed by atoms with Gasteiger partial charge < -0.3 is 9.72 Å². The van der Waals surface area contributed by atoms with Crippen LogP contribution < -0.4 is 5.32 Å². The maximum absolute atomic E-state index is 6.41. The van der Waals surface area contributed by atoms with E-state index >= 15 is 0 Å². The number of pyridine rings is 2. The number of halogens is 1. The van der Waals surface area contributed by atoms with E-state index in [2.05, 4.69) is 24.8 Å². The first-order valence-corrected chi connectivity index (χ1v) is 9.82. The molecule has 0 amide bonds. The first kappa shape index (κ1) is 18.3. The van der Waals surface area contributed by atoms with Crippen molar-refractivity contribution >= 4 is 28.6 Å². The van der Waals surface area contributed by atoms with Crippen LogP contribution in [-0.2, 0) is 0 Å². The number of anilines is 2. The van der Waals surface area contributed by atoms with Crippen LogP contribution >= 0.6 is 11.6 Å². The van der Waals surface area contributed by atoms with Crippen LogP contribution in [0.5, 0.6) is 0 Å². The van der Waals surface area contributed by atoms with E-state index in [1.807, 2.05) is 68.6 Å². The lowest BCUT2D eigenvalue weighted by molar-refractivity contribution is 0.833. The average Bonchev–Trinajstić information content (AvgIpc) is 3.33. The van der Waals surface area contributed by atoms with Crippen molar-refractivity contribution in [3.05, 3.63) is 83.8 Å². The first-order chi connectivity index (χ1) is 14.6. The molecule has 5 rings (SSSR count). The Morgan fingerprint density at radius 3 is 2.57 bits per heavy atom. The van der Waals surface area contributed by atoms with Crippen molar-refractivity contribution in [2.24, 2.45) is 0 Å². The molecule has 0 saturated heterocycles. The van der Waals surface area contributed by atoms with Crippen LogP contribution in [0.4, 0.5) is 11.4 Å². The summed E-state index contributed by atoms with van der Waals surface area (Å²) < 4.78 is 3.70. The molecule has 1 aromatic carbocycles. The van der Waals surface area contributed by atoms with Crippen LogP contribution in [0.25, 0.3) is 22.7 Å². The van der Waals surface area contributed by atoms with Gasteiger partial charge in [-0.15, -0.1) is 0 Å². The lowest BCUT2D eigenvalue weighted by Crippen LogP contribution is -2.00. The third kappa shape index (κ3) is 3.19. The molecular weight excluding hydrogens is 398 g/mol. The van der Waals surface area contributed by atoms with Gasteiger partial charge >= 0.3 is 0 Å². The average molecular weight is 416 g/mol. The van der Waals surface area contributed by atoms with Crippen LogP contribution in [0.15, 0.2) is 67.3 Å². The molecule has 0 radical (unpaired) electrons. The zero-order valence-electron chi connectivity index (χ0n) is 16.4. The number of imidazole rings is 1. The van der Waals surface area contributed by atoms with Crippen molar-refractivity contribution in [1.82, 2.24) is 29.1 Å². The van der Waals surface area contributed by atoms with Gasteiger partial charge in [0.15, 0.2) is 11.5 Å². The van der Waals surface area contributed by atoms with E-state index in [0.717, 1.165) is 34.0 Å². The Morgan fingerprint density at radius 1 is 0.967 bits per heavy atom. The van der Waals surface area contributed by atoms with E-state index in [0.29, 0.717) is 16.7 Å². The number of benzene rings is 1. The monoisotopic (exact) mass is 415 g/mol. The molecule has 1 N–H and O–H groups in total. The smallest absolute Gasteiger partial charge is 0.161 e. The number of nitrogens with one attached hydrogen (secondary N) is 1. The van der Waals surface area contributed by atoms with Crippen molar-refractivity contribution in [3.63, 3.8) is 0 Å². The standard InChI is InChI=1S/C22H18ClN7/c1-14-21(17-6-3-4-7-18(17)23)27-22-19(8-5-11-29(14)22)26-16-9-10-20(24-12-16)30-13-25-15(2)28-30/h3-13,26H,1-2H3. The molecule has 0 unspecified atom stereocenters. The van der Waals surface area contributed by atoms with Gasteiger partial charge in [-0.05, 0) is 44.2 Å². The molecule has 0 saturated carbocycles. The Kier molecular flexibility index (Phi) is 4.44. The fraction of sp³-hybridized carbons (Fsp3) is 0.0909. The molecule has 148 valence electrons. The van der Waals surface area contributed by atoms with E-state index in [1.165, 1.54) is 0 Å². The molecule has 7 nitrogen and oxygen atoms in total. The number of nitrogens with zero attached hydrogens (tertiary/aromatic N) is 6. The van der Waals surface area contributed by atoms with Gasteiger partial charge in [-0.3, -0.25) is 0 Å². The third-order valence-electron chi connectivity index (χ3n) is 4.89. The van der Waals surface area contributed by atoms with E-state index in [9.17, 15) is 0 Å². The summed E-state index contributed by atoms with van der Waals surface area (Å²) in [6, 6.07) is 15.6. The highest BCUT2D eigenvalue weighted by atomic mass is 35.5. The first-order valence-electron chi connectivity index (χ1n) is 9.44. The summed E-state index contributed by atoms with van der Waals surface area (Å²) in [6.07, 6.45) is 5.41. The number of hydrogen-bond acceptors (Lipinski definition) is 5. The highest BCUT2D eigenvalue weighted by Gasteiger charge is 2.15. The molecule has 0 bridgehead atoms. The van der Waals surface area contributed by atoms with Gasteiger partial charge in [0.25, 0.3) is 0 Å². The number of rotatable bonds is 4. The lowest BCUT2D eigenvalue weighted by atomic mass is 10.1. The van der Waals surface area contributed by atoms with E-state index < -0.39 is 0 Å². The third-order valence-corrected chi connectivity index (χ3v) is 5.22. The number of fused-ring (bicyclic) bond motifs is 1. The largest absolute Gasteiger partial charge is 0.351 e. The van der Waals surface area contributed by atoms with Crippen LogP contribution in [0.2, 0.25) is 5.02 Å². The second-order valence-electron chi connectivity index (χ2n) is 6.91. The fourth-order valence-electron chi connectivity index (χ4n) is 3.40. The Balaban J connectivity index is 1.51. The number of hydrogen-bond donors (Lipinski definition) is 1. The molecule has 4 aromatic heterocycles.